The van der Waals surface area contributed by atoms with Crippen molar-refractivity contribution in [2.75, 3.05) is 0 Å². The first kappa shape index (κ1) is 13.7. The molecule has 0 fully saturated rings. The third-order valence-electron chi connectivity index (χ3n) is 3.38. The second-order valence-electron chi connectivity index (χ2n) is 5.05. The number of hydrogen-bond acceptors (Lipinski definition) is 3. The van der Waals surface area contributed by atoms with Crippen LogP contribution in [0.2, 0.25) is 0 Å². The molecule has 1 aromatic heterocycles. The van der Waals surface area contributed by atoms with Crippen molar-refractivity contribution in [3.8, 4) is 11.3 Å². The Morgan fingerprint density at radius 3 is 2.37 bits per heavy atom. The smallest absolute Gasteiger partial charge is 0.248 e. The Morgan fingerprint density at radius 1 is 1.21 bits per heavy atom. The standard InChI is InChI=1S/C15H18N2OS/c1-9(2)10(3)15-17-13(8-19-15)11-4-6-12(7-5-11)14(16)18/h4-10H,1-3H3,(H2,16,18). The van der Waals surface area contributed by atoms with Crippen LogP contribution in [0.3, 0.4) is 0 Å². The van der Waals surface area contributed by atoms with Crippen LogP contribution in [0.25, 0.3) is 11.3 Å². The van der Waals surface area contributed by atoms with Crippen molar-refractivity contribution in [3.05, 3.63) is 40.2 Å². The molecule has 0 saturated carbocycles. The largest absolute Gasteiger partial charge is 0.366 e. The summed E-state index contributed by atoms with van der Waals surface area (Å²) in [4.78, 5) is 15.7. The van der Waals surface area contributed by atoms with Crippen molar-refractivity contribution < 1.29 is 4.79 Å². The number of primary amides is 1. The number of carbonyl (C=O) groups excluding carboxylic acids is 1. The second kappa shape index (κ2) is 5.53. The molecule has 0 saturated heterocycles. The van der Waals surface area contributed by atoms with Gasteiger partial charge in [-0.05, 0) is 18.1 Å². The topological polar surface area (TPSA) is 56.0 Å². The molecule has 1 aromatic carbocycles. The van der Waals surface area contributed by atoms with E-state index in [9.17, 15) is 4.79 Å². The molecule has 0 aliphatic rings. The van der Waals surface area contributed by atoms with E-state index in [1.54, 1.807) is 23.5 Å². The zero-order valence-electron chi connectivity index (χ0n) is 11.4. The monoisotopic (exact) mass is 274 g/mol. The number of thiazole rings is 1. The molecule has 2 aromatic rings. The van der Waals surface area contributed by atoms with Crippen molar-refractivity contribution in [2.45, 2.75) is 26.7 Å². The van der Waals surface area contributed by atoms with Gasteiger partial charge in [0.1, 0.15) is 0 Å². The molecule has 4 heteroatoms. The molecular formula is C15H18N2OS. The van der Waals surface area contributed by atoms with Crippen LogP contribution < -0.4 is 5.73 Å². The van der Waals surface area contributed by atoms with E-state index < -0.39 is 5.91 Å². The van der Waals surface area contributed by atoms with Crippen LogP contribution >= 0.6 is 11.3 Å². The Kier molecular flexibility index (Phi) is 4.00. The van der Waals surface area contributed by atoms with E-state index in [1.807, 2.05) is 12.1 Å². The van der Waals surface area contributed by atoms with Gasteiger partial charge in [0.05, 0.1) is 10.7 Å². The van der Waals surface area contributed by atoms with Gasteiger partial charge in [-0.15, -0.1) is 11.3 Å². The first-order valence-corrected chi connectivity index (χ1v) is 7.22. The average Bonchev–Trinajstić information content (AvgIpc) is 2.87. The van der Waals surface area contributed by atoms with Crippen LogP contribution in [0, 0.1) is 5.92 Å². The summed E-state index contributed by atoms with van der Waals surface area (Å²) >= 11 is 1.69. The zero-order chi connectivity index (χ0) is 14.0. The Bertz CT molecular complexity index is 572. The minimum atomic E-state index is -0.404. The van der Waals surface area contributed by atoms with Crippen LogP contribution in [-0.2, 0) is 0 Å². The Hall–Kier alpha value is -1.68. The molecule has 1 unspecified atom stereocenters. The first-order chi connectivity index (χ1) is 8.99. The number of nitrogens with two attached hydrogens (primary N) is 1. The van der Waals surface area contributed by atoms with E-state index in [0.717, 1.165) is 16.3 Å². The van der Waals surface area contributed by atoms with Crippen molar-refractivity contribution in [2.24, 2.45) is 11.7 Å². The van der Waals surface area contributed by atoms with Crippen molar-refractivity contribution in [3.63, 3.8) is 0 Å². The molecule has 0 aliphatic heterocycles. The third-order valence-corrected chi connectivity index (χ3v) is 4.42. The lowest BCUT2D eigenvalue weighted by atomic mass is 9.99. The van der Waals surface area contributed by atoms with Gasteiger partial charge in [0.15, 0.2) is 0 Å². The molecule has 0 bridgehead atoms. The molecule has 3 nitrogen and oxygen atoms in total. The Morgan fingerprint density at radius 2 is 1.84 bits per heavy atom. The molecular weight excluding hydrogens is 256 g/mol. The first-order valence-electron chi connectivity index (χ1n) is 6.34. The molecule has 0 radical (unpaired) electrons. The molecule has 2 N–H and O–H groups in total. The second-order valence-corrected chi connectivity index (χ2v) is 5.93. The predicted octanol–water partition coefficient (Wildman–Crippen LogP) is 3.67. The number of benzene rings is 1. The van der Waals surface area contributed by atoms with Gasteiger partial charge in [-0.3, -0.25) is 4.79 Å². The fourth-order valence-corrected chi connectivity index (χ4v) is 2.78. The van der Waals surface area contributed by atoms with E-state index in [-0.39, 0.29) is 0 Å². The maximum Gasteiger partial charge on any atom is 0.248 e. The molecule has 1 atom stereocenters. The normalized spacial score (nSPS) is 12.6. The Labute approximate surface area is 117 Å². The van der Waals surface area contributed by atoms with Crippen molar-refractivity contribution in [1.29, 1.82) is 0 Å². The number of nitrogens with zero attached hydrogens (tertiary/aromatic N) is 1. The highest BCUT2D eigenvalue weighted by Crippen LogP contribution is 2.30. The van der Waals surface area contributed by atoms with Crippen molar-refractivity contribution >= 4 is 17.2 Å². The number of aromatic nitrogens is 1. The molecule has 0 aliphatic carbocycles. The van der Waals surface area contributed by atoms with Crippen LogP contribution in [0.4, 0.5) is 0 Å². The summed E-state index contributed by atoms with van der Waals surface area (Å²) in [6.07, 6.45) is 0. The van der Waals surface area contributed by atoms with Gasteiger partial charge in [0, 0.05) is 22.4 Å². The van der Waals surface area contributed by atoms with Crippen LogP contribution in [0.15, 0.2) is 29.6 Å². The molecule has 0 spiro atoms. The summed E-state index contributed by atoms with van der Waals surface area (Å²) in [7, 11) is 0. The number of amides is 1. The van der Waals surface area contributed by atoms with E-state index in [0.29, 0.717) is 17.4 Å². The van der Waals surface area contributed by atoms with Gasteiger partial charge in [-0.1, -0.05) is 32.9 Å². The van der Waals surface area contributed by atoms with Crippen LogP contribution in [0.5, 0.6) is 0 Å². The van der Waals surface area contributed by atoms with Crippen LogP contribution in [-0.4, -0.2) is 10.9 Å². The van der Waals surface area contributed by atoms with E-state index in [1.165, 1.54) is 0 Å². The lowest BCUT2D eigenvalue weighted by Gasteiger charge is -2.11. The highest BCUT2D eigenvalue weighted by atomic mass is 32.1. The highest BCUT2D eigenvalue weighted by Gasteiger charge is 2.14. The summed E-state index contributed by atoms with van der Waals surface area (Å²) in [5, 5.41) is 3.22. The molecule has 100 valence electrons. The molecule has 2 rings (SSSR count). The van der Waals surface area contributed by atoms with Gasteiger partial charge < -0.3 is 5.73 Å². The highest BCUT2D eigenvalue weighted by molar-refractivity contribution is 7.10. The van der Waals surface area contributed by atoms with E-state index >= 15 is 0 Å². The predicted molar refractivity (Wildman–Crippen MR) is 79.3 cm³/mol. The summed E-state index contributed by atoms with van der Waals surface area (Å²) in [5.74, 6) is 0.638. The number of hydrogen-bond donors (Lipinski definition) is 1. The fourth-order valence-electron chi connectivity index (χ4n) is 1.72. The van der Waals surface area contributed by atoms with E-state index in [2.05, 4.69) is 31.1 Å². The third kappa shape index (κ3) is 3.01. The lowest BCUT2D eigenvalue weighted by Crippen LogP contribution is -2.10. The van der Waals surface area contributed by atoms with Gasteiger partial charge in [0.2, 0.25) is 5.91 Å². The number of rotatable bonds is 4. The van der Waals surface area contributed by atoms with Gasteiger partial charge in [-0.2, -0.15) is 0 Å². The lowest BCUT2D eigenvalue weighted by molar-refractivity contribution is 0.100. The quantitative estimate of drug-likeness (QED) is 0.924. The maximum absolute atomic E-state index is 11.0. The Balaban J connectivity index is 2.25. The summed E-state index contributed by atoms with van der Waals surface area (Å²) in [6.45, 7) is 6.60. The summed E-state index contributed by atoms with van der Waals surface area (Å²) in [6, 6.07) is 7.25. The minimum absolute atomic E-state index is 0.404. The zero-order valence-corrected chi connectivity index (χ0v) is 12.2. The van der Waals surface area contributed by atoms with Gasteiger partial charge >= 0.3 is 0 Å². The molecule has 1 heterocycles. The molecule has 1 amide bonds. The van der Waals surface area contributed by atoms with Gasteiger partial charge in [0.25, 0.3) is 0 Å². The minimum Gasteiger partial charge on any atom is -0.366 e. The number of carbonyl (C=O) groups is 1. The maximum atomic E-state index is 11.0. The summed E-state index contributed by atoms with van der Waals surface area (Å²) < 4.78 is 0. The molecule has 19 heavy (non-hydrogen) atoms. The van der Waals surface area contributed by atoms with Crippen molar-refractivity contribution in [1.82, 2.24) is 4.98 Å². The van der Waals surface area contributed by atoms with E-state index in [4.69, 9.17) is 5.73 Å². The SMILES string of the molecule is CC(C)C(C)c1nc(-c2ccc(C(N)=O)cc2)cs1. The fraction of sp³-hybridized carbons (Fsp3) is 0.333. The van der Waals surface area contributed by atoms with Gasteiger partial charge in [-0.25, -0.2) is 4.98 Å². The van der Waals surface area contributed by atoms with Crippen LogP contribution in [0.1, 0.15) is 42.1 Å². The summed E-state index contributed by atoms with van der Waals surface area (Å²) in [5.41, 5.74) is 7.73. The average molecular weight is 274 g/mol.